The van der Waals surface area contributed by atoms with Crippen LogP contribution < -0.4 is 0 Å². The van der Waals surface area contributed by atoms with Gasteiger partial charge in [-0.15, -0.1) is 5.10 Å². The predicted molar refractivity (Wildman–Crippen MR) is 124 cm³/mol. The molecule has 1 aliphatic heterocycles. The predicted octanol–water partition coefficient (Wildman–Crippen LogP) is 3.36. The highest BCUT2D eigenvalue weighted by Gasteiger charge is 2.23. The lowest BCUT2D eigenvalue weighted by Crippen LogP contribution is -2.49. The number of fused-ring (bicyclic) bond motifs is 1. The number of halogens is 1. The molecular formula is C24H23ClN6O. The van der Waals surface area contributed by atoms with Gasteiger partial charge in [0.1, 0.15) is 0 Å². The van der Waals surface area contributed by atoms with Gasteiger partial charge in [-0.05, 0) is 51.0 Å². The van der Waals surface area contributed by atoms with E-state index >= 15 is 0 Å². The van der Waals surface area contributed by atoms with Crippen LogP contribution in [-0.2, 0) is 17.8 Å². The maximum atomic E-state index is 13.0. The van der Waals surface area contributed by atoms with Gasteiger partial charge < -0.3 is 4.90 Å². The van der Waals surface area contributed by atoms with Crippen LogP contribution in [0, 0.1) is 0 Å². The van der Waals surface area contributed by atoms with Crippen LogP contribution in [0.3, 0.4) is 0 Å². The van der Waals surface area contributed by atoms with E-state index in [1.54, 1.807) is 4.68 Å². The molecule has 162 valence electrons. The summed E-state index contributed by atoms with van der Waals surface area (Å²) in [5, 5.41) is 15.1. The smallest absolute Gasteiger partial charge is 0.227 e. The van der Waals surface area contributed by atoms with E-state index in [0.717, 1.165) is 35.6 Å². The lowest BCUT2D eigenvalue weighted by atomic mass is 10.0. The minimum Gasteiger partial charge on any atom is -0.340 e. The molecule has 0 bridgehead atoms. The van der Waals surface area contributed by atoms with Gasteiger partial charge in [0.2, 0.25) is 5.91 Å². The van der Waals surface area contributed by atoms with Gasteiger partial charge >= 0.3 is 0 Å². The first-order valence-corrected chi connectivity index (χ1v) is 11.1. The van der Waals surface area contributed by atoms with E-state index < -0.39 is 0 Å². The van der Waals surface area contributed by atoms with Crippen LogP contribution >= 0.6 is 11.6 Å². The first kappa shape index (κ1) is 20.6. The van der Waals surface area contributed by atoms with Gasteiger partial charge in [-0.1, -0.05) is 54.1 Å². The van der Waals surface area contributed by atoms with Gasteiger partial charge in [0.05, 0.1) is 18.7 Å². The molecule has 0 saturated carbocycles. The van der Waals surface area contributed by atoms with Gasteiger partial charge in [0, 0.05) is 31.2 Å². The Labute approximate surface area is 191 Å². The van der Waals surface area contributed by atoms with Gasteiger partial charge in [0.15, 0.2) is 5.82 Å². The number of aromatic nitrogens is 4. The van der Waals surface area contributed by atoms with E-state index in [1.807, 2.05) is 53.4 Å². The third-order valence-corrected chi connectivity index (χ3v) is 6.17. The summed E-state index contributed by atoms with van der Waals surface area (Å²) in [4.78, 5) is 17.2. The fourth-order valence-corrected chi connectivity index (χ4v) is 4.29. The van der Waals surface area contributed by atoms with Crippen LogP contribution in [0.4, 0.5) is 0 Å². The van der Waals surface area contributed by atoms with Gasteiger partial charge in [-0.2, -0.15) is 4.68 Å². The average Bonchev–Trinajstić information content (AvgIpc) is 3.28. The molecule has 2 heterocycles. The van der Waals surface area contributed by atoms with E-state index in [-0.39, 0.29) is 5.91 Å². The van der Waals surface area contributed by atoms with Crippen molar-refractivity contribution in [2.45, 2.75) is 13.0 Å². The first-order valence-electron chi connectivity index (χ1n) is 10.7. The topological polar surface area (TPSA) is 67.2 Å². The summed E-state index contributed by atoms with van der Waals surface area (Å²) in [6.45, 7) is 3.60. The Balaban J connectivity index is 1.20. The van der Waals surface area contributed by atoms with Crippen LogP contribution in [-0.4, -0.2) is 62.1 Å². The Morgan fingerprint density at radius 3 is 2.47 bits per heavy atom. The molecule has 3 aromatic carbocycles. The van der Waals surface area contributed by atoms with E-state index in [2.05, 4.69) is 38.6 Å². The minimum atomic E-state index is 0.173. The molecule has 0 radical (unpaired) electrons. The summed E-state index contributed by atoms with van der Waals surface area (Å²) in [6, 6.07) is 21.8. The van der Waals surface area contributed by atoms with Crippen LogP contribution in [0.25, 0.3) is 16.5 Å². The Kier molecular flexibility index (Phi) is 5.83. The molecule has 0 atom stereocenters. The maximum Gasteiger partial charge on any atom is 0.227 e. The number of hydrogen-bond donors (Lipinski definition) is 0. The molecular weight excluding hydrogens is 424 g/mol. The van der Waals surface area contributed by atoms with E-state index in [9.17, 15) is 4.79 Å². The molecule has 0 N–H and O–H groups in total. The molecule has 7 nitrogen and oxygen atoms in total. The second kappa shape index (κ2) is 9.06. The zero-order valence-electron chi connectivity index (χ0n) is 17.6. The minimum absolute atomic E-state index is 0.173. The number of amides is 1. The van der Waals surface area contributed by atoms with Crippen molar-refractivity contribution in [3.63, 3.8) is 0 Å². The third-order valence-electron chi connectivity index (χ3n) is 5.92. The molecule has 0 unspecified atom stereocenters. The second-order valence-electron chi connectivity index (χ2n) is 7.96. The molecule has 5 rings (SSSR count). The van der Waals surface area contributed by atoms with Crippen LogP contribution in [0.1, 0.15) is 11.4 Å². The van der Waals surface area contributed by atoms with E-state index in [1.165, 1.54) is 5.39 Å². The lowest BCUT2D eigenvalue weighted by molar-refractivity contribution is -0.132. The second-order valence-corrected chi connectivity index (χ2v) is 8.39. The molecule has 8 heteroatoms. The first-order chi connectivity index (χ1) is 15.7. The SMILES string of the molecule is O=C(Cc1cccc2ccccc12)N1CCN(Cc2nnnn2-c2ccc(Cl)cc2)CC1. The molecule has 1 fully saturated rings. The van der Waals surface area contributed by atoms with Crippen molar-refractivity contribution < 1.29 is 4.79 Å². The number of carbonyl (C=O) groups excluding carboxylic acids is 1. The van der Waals surface area contributed by atoms with E-state index in [0.29, 0.717) is 31.1 Å². The zero-order valence-corrected chi connectivity index (χ0v) is 18.3. The number of benzene rings is 3. The number of piperazine rings is 1. The summed E-state index contributed by atoms with van der Waals surface area (Å²) in [5.74, 6) is 0.940. The zero-order chi connectivity index (χ0) is 21.9. The summed E-state index contributed by atoms with van der Waals surface area (Å²) in [5.41, 5.74) is 1.95. The molecule has 0 aliphatic carbocycles. The highest BCUT2D eigenvalue weighted by atomic mass is 35.5. The van der Waals surface area contributed by atoms with Crippen molar-refractivity contribution in [3.8, 4) is 5.69 Å². The number of carbonyl (C=O) groups is 1. The van der Waals surface area contributed by atoms with Crippen molar-refractivity contribution in [2.24, 2.45) is 0 Å². The fourth-order valence-electron chi connectivity index (χ4n) is 4.16. The molecule has 1 aliphatic rings. The summed E-state index contributed by atoms with van der Waals surface area (Å²) in [6.07, 6.45) is 0.427. The Morgan fingerprint density at radius 1 is 0.906 bits per heavy atom. The van der Waals surface area contributed by atoms with Gasteiger partial charge in [-0.25, -0.2) is 0 Å². The lowest BCUT2D eigenvalue weighted by Gasteiger charge is -2.34. The number of rotatable bonds is 5. The summed E-state index contributed by atoms with van der Waals surface area (Å²) < 4.78 is 1.73. The van der Waals surface area contributed by atoms with E-state index in [4.69, 9.17) is 11.6 Å². The summed E-state index contributed by atoms with van der Waals surface area (Å²) in [7, 11) is 0. The van der Waals surface area contributed by atoms with Crippen molar-refractivity contribution >= 4 is 28.3 Å². The largest absolute Gasteiger partial charge is 0.340 e. The third kappa shape index (κ3) is 4.35. The standard InChI is InChI=1S/C24H23ClN6O/c25-20-8-10-21(11-9-20)31-23(26-27-28-31)17-29-12-14-30(15-13-29)24(32)16-19-6-3-5-18-4-1-2-7-22(18)19/h1-11H,12-17H2. The van der Waals surface area contributed by atoms with Gasteiger partial charge in [0.25, 0.3) is 0 Å². The Morgan fingerprint density at radius 2 is 1.66 bits per heavy atom. The molecule has 1 saturated heterocycles. The Hall–Kier alpha value is -3.29. The fraction of sp³-hybridized carbons (Fsp3) is 0.250. The van der Waals surface area contributed by atoms with Crippen molar-refractivity contribution in [1.82, 2.24) is 30.0 Å². The molecule has 0 spiro atoms. The normalized spacial score (nSPS) is 14.7. The van der Waals surface area contributed by atoms with Gasteiger partial charge in [-0.3, -0.25) is 9.69 Å². The average molecular weight is 447 g/mol. The quantitative estimate of drug-likeness (QED) is 0.470. The van der Waals surface area contributed by atoms with Crippen LogP contribution in [0.2, 0.25) is 5.02 Å². The Bertz CT molecular complexity index is 1230. The highest BCUT2D eigenvalue weighted by molar-refractivity contribution is 6.30. The monoisotopic (exact) mass is 446 g/mol. The number of hydrogen-bond acceptors (Lipinski definition) is 5. The van der Waals surface area contributed by atoms with Crippen molar-refractivity contribution in [3.05, 3.63) is 83.1 Å². The molecule has 1 amide bonds. The summed E-state index contributed by atoms with van der Waals surface area (Å²) >= 11 is 5.99. The molecule has 1 aromatic heterocycles. The number of nitrogens with zero attached hydrogens (tertiary/aromatic N) is 6. The van der Waals surface area contributed by atoms with Crippen molar-refractivity contribution in [1.29, 1.82) is 0 Å². The van der Waals surface area contributed by atoms with Crippen LogP contribution in [0.5, 0.6) is 0 Å². The molecule has 32 heavy (non-hydrogen) atoms. The molecule has 4 aromatic rings. The van der Waals surface area contributed by atoms with Crippen LogP contribution in [0.15, 0.2) is 66.7 Å². The van der Waals surface area contributed by atoms with Crippen molar-refractivity contribution in [2.75, 3.05) is 26.2 Å². The maximum absolute atomic E-state index is 13.0. The highest BCUT2D eigenvalue weighted by Crippen LogP contribution is 2.20. The number of tetrazole rings is 1.